The molecule has 0 aromatic heterocycles. The summed E-state index contributed by atoms with van der Waals surface area (Å²) in [7, 11) is 0. The molecule has 1 spiro atoms. The normalized spacial score (nSPS) is 29.8. The first-order valence-electron chi connectivity index (χ1n) is 7.43. The molecule has 4 heteroatoms. The summed E-state index contributed by atoms with van der Waals surface area (Å²) in [5.74, 6) is 0.646. The van der Waals surface area contributed by atoms with E-state index in [2.05, 4.69) is 48.0 Å². The van der Waals surface area contributed by atoms with Gasteiger partial charge in [0, 0.05) is 12.3 Å². The minimum absolute atomic E-state index is 0.0107. The first kappa shape index (κ1) is 13.4. The lowest BCUT2D eigenvalue weighted by atomic mass is 9.84. The van der Waals surface area contributed by atoms with Gasteiger partial charge in [-0.2, -0.15) is 0 Å². The van der Waals surface area contributed by atoms with E-state index in [1.807, 2.05) is 0 Å². The molecule has 2 heterocycles. The number of anilines is 1. The monoisotopic (exact) mass is 273 g/mol. The van der Waals surface area contributed by atoms with Crippen molar-refractivity contribution in [2.75, 3.05) is 18.1 Å². The number of hydrogen-bond acceptors (Lipinski definition) is 4. The molecule has 0 bridgehead atoms. The van der Waals surface area contributed by atoms with Gasteiger partial charge in [0.05, 0.1) is 18.2 Å². The van der Waals surface area contributed by atoms with Gasteiger partial charge in [-0.15, -0.1) is 0 Å². The van der Waals surface area contributed by atoms with Gasteiger partial charge in [-0.05, 0) is 43.9 Å². The third-order valence-electron chi connectivity index (χ3n) is 4.48. The van der Waals surface area contributed by atoms with E-state index in [-0.39, 0.29) is 5.54 Å². The minimum Gasteiger partial charge on any atom is -0.378 e. The van der Waals surface area contributed by atoms with E-state index in [0.717, 1.165) is 38.1 Å². The SMILES string of the molecule is CCC1CC2(CCO1)CN=C(N)N2c1cccc(C)c1. The van der Waals surface area contributed by atoms with Crippen LogP contribution in [-0.4, -0.2) is 30.8 Å². The fraction of sp³-hybridized carbons (Fsp3) is 0.562. The van der Waals surface area contributed by atoms with Crippen LogP contribution in [0.4, 0.5) is 5.69 Å². The molecule has 1 aromatic rings. The molecule has 1 fully saturated rings. The fourth-order valence-corrected chi connectivity index (χ4v) is 3.40. The van der Waals surface area contributed by atoms with Crippen LogP contribution >= 0.6 is 0 Å². The second kappa shape index (κ2) is 5.09. The molecule has 2 aliphatic rings. The lowest BCUT2D eigenvalue weighted by molar-refractivity contribution is -0.0151. The largest absolute Gasteiger partial charge is 0.378 e. The van der Waals surface area contributed by atoms with Crippen molar-refractivity contribution >= 4 is 11.6 Å². The molecule has 0 saturated carbocycles. The van der Waals surface area contributed by atoms with Gasteiger partial charge in [-0.1, -0.05) is 19.1 Å². The highest BCUT2D eigenvalue weighted by molar-refractivity contribution is 5.98. The number of nitrogens with two attached hydrogens (primary N) is 1. The van der Waals surface area contributed by atoms with E-state index >= 15 is 0 Å². The van der Waals surface area contributed by atoms with Gasteiger partial charge in [0.25, 0.3) is 0 Å². The van der Waals surface area contributed by atoms with Crippen molar-refractivity contribution in [3.8, 4) is 0 Å². The Kier molecular flexibility index (Phi) is 3.42. The van der Waals surface area contributed by atoms with Crippen LogP contribution in [0.15, 0.2) is 29.3 Å². The van der Waals surface area contributed by atoms with Gasteiger partial charge in [0.2, 0.25) is 0 Å². The van der Waals surface area contributed by atoms with Gasteiger partial charge in [-0.3, -0.25) is 4.99 Å². The Morgan fingerprint density at radius 3 is 3.10 bits per heavy atom. The Balaban J connectivity index is 1.95. The van der Waals surface area contributed by atoms with Crippen molar-refractivity contribution in [3.63, 3.8) is 0 Å². The Morgan fingerprint density at radius 2 is 2.35 bits per heavy atom. The number of hydrogen-bond donors (Lipinski definition) is 1. The van der Waals surface area contributed by atoms with Gasteiger partial charge in [-0.25, -0.2) is 0 Å². The molecule has 108 valence electrons. The fourth-order valence-electron chi connectivity index (χ4n) is 3.40. The second-order valence-electron chi connectivity index (χ2n) is 5.93. The van der Waals surface area contributed by atoms with E-state index in [1.54, 1.807) is 0 Å². The molecule has 0 aliphatic carbocycles. The van der Waals surface area contributed by atoms with Crippen molar-refractivity contribution in [2.45, 2.75) is 44.8 Å². The van der Waals surface area contributed by atoms with Crippen LogP contribution in [0.1, 0.15) is 31.7 Å². The highest BCUT2D eigenvalue weighted by atomic mass is 16.5. The predicted octanol–water partition coefficient (Wildman–Crippen LogP) is 2.46. The average Bonchev–Trinajstić information content (AvgIpc) is 2.75. The van der Waals surface area contributed by atoms with E-state index in [9.17, 15) is 0 Å². The van der Waals surface area contributed by atoms with Crippen LogP contribution in [0.25, 0.3) is 0 Å². The Labute approximate surface area is 120 Å². The topological polar surface area (TPSA) is 50.9 Å². The Hall–Kier alpha value is -1.55. The van der Waals surface area contributed by atoms with Crippen molar-refractivity contribution in [3.05, 3.63) is 29.8 Å². The molecule has 1 saturated heterocycles. The van der Waals surface area contributed by atoms with Gasteiger partial charge >= 0.3 is 0 Å². The molecule has 4 nitrogen and oxygen atoms in total. The zero-order valence-electron chi connectivity index (χ0n) is 12.3. The third-order valence-corrected chi connectivity index (χ3v) is 4.48. The van der Waals surface area contributed by atoms with E-state index in [0.29, 0.717) is 12.1 Å². The smallest absolute Gasteiger partial charge is 0.196 e. The number of guanidine groups is 1. The summed E-state index contributed by atoms with van der Waals surface area (Å²) < 4.78 is 5.84. The van der Waals surface area contributed by atoms with Crippen molar-refractivity contribution in [2.24, 2.45) is 10.7 Å². The van der Waals surface area contributed by atoms with E-state index in [1.165, 1.54) is 5.56 Å². The average molecular weight is 273 g/mol. The number of aryl methyl sites for hydroxylation is 1. The molecule has 2 unspecified atom stereocenters. The van der Waals surface area contributed by atoms with Crippen molar-refractivity contribution < 1.29 is 4.74 Å². The molecule has 3 rings (SSSR count). The summed E-state index contributed by atoms with van der Waals surface area (Å²) >= 11 is 0. The molecule has 2 atom stereocenters. The maximum Gasteiger partial charge on any atom is 0.196 e. The Bertz CT molecular complexity index is 528. The van der Waals surface area contributed by atoms with Gasteiger partial charge in [0.15, 0.2) is 5.96 Å². The maximum absolute atomic E-state index is 6.19. The minimum atomic E-state index is 0.0107. The van der Waals surface area contributed by atoms with Crippen LogP contribution in [0.5, 0.6) is 0 Å². The number of ether oxygens (including phenoxy) is 1. The second-order valence-corrected chi connectivity index (χ2v) is 5.93. The molecular formula is C16H23N3O. The third kappa shape index (κ3) is 2.18. The number of aliphatic imine (C=N–C) groups is 1. The highest BCUT2D eigenvalue weighted by Crippen LogP contribution is 2.38. The lowest BCUT2D eigenvalue weighted by Gasteiger charge is -2.44. The molecule has 20 heavy (non-hydrogen) atoms. The molecule has 2 N–H and O–H groups in total. The number of benzene rings is 1. The first-order chi connectivity index (χ1) is 9.64. The zero-order chi connectivity index (χ0) is 14.2. The summed E-state index contributed by atoms with van der Waals surface area (Å²) in [6, 6.07) is 8.50. The van der Waals surface area contributed by atoms with Crippen LogP contribution in [0.3, 0.4) is 0 Å². The lowest BCUT2D eigenvalue weighted by Crippen LogP contribution is -2.56. The summed E-state index contributed by atoms with van der Waals surface area (Å²) in [4.78, 5) is 6.78. The summed E-state index contributed by atoms with van der Waals surface area (Å²) in [6.45, 7) is 5.87. The van der Waals surface area contributed by atoms with Crippen LogP contribution in [0, 0.1) is 6.92 Å². The quantitative estimate of drug-likeness (QED) is 0.900. The molecular weight excluding hydrogens is 250 g/mol. The van der Waals surface area contributed by atoms with Crippen LogP contribution in [0.2, 0.25) is 0 Å². The predicted molar refractivity (Wildman–Crippen MR) is 82.1 cm³/mol. The molecule has 0 amide bonds. The molecule has 2 aliphatic heterocycles. The summed E-state index contributed by atoms with van der Waals surface area (Å²) in [5, 5.41) is 0. The van der Waals surface area contributed by atoms with Crippen LogP contribution in [-0.2, 0) is 4.74 Å². The zero-order valence-corrected chi connectivity index (χ0v) is 12.3. The van der Waals surface area contributed by atoms with Crippen molar-refractivity contribution in [1.29, 1.82) is 0 Å². The van der Waals surface area contributed by atoms with Gasteiger partial charge < -0.3 is 15.4 Å². The maximum atomic E-state index is 6.19. The first-order valence-corrected chi connectivity index (χ1v) is 7.43. The van der Waals surface area contributed by atoms with Crippen LogP contribution < -0.4 is 10.6 Å². The number of rotatable bonds is 2. The van der Waals surface area contributed by atoms with E-state index in [4.69, 9.17) is 10.5 Å². The molecule has 0 radical (unpaired) electrons. The summed E-state index contributed by atoms with van der Waals surface area (Å²) in [6.07, 6.45) is 3.35. The molecule has 1 aromatic carbocycles. The summed E-state index contributed by atoms with van der Waals surface area (Å²) in [5.41, 5.74) is 8.60. The van der Waals surface area contributed by atoms with Crippen molar-refractivity contribution in [1.82, 2.24) is 0 Å². The van der Waals surface area contributed by atoms with Gasteiger partial charge in [0.1, 0.15) is 0 Å². The standard InChI is InChI=1S/C16H23N3O/c1-3-14-10-16(7-8-20-14)11-18-15(17)19(16)13-6-4-5-12(2)9-13/h4-6,9,14H,3,7-8,10-11H2,1-2H3,(H2,17,18). The highest BCUT2D eigenvalue weighted by Gasteiger charge is 2.46. The number of nitrogens with zero attached hydrogens (tertiary/aromatic N) is 2. The van der Waals surface area contributed by atoms with E-state index < -0.39 is 0 Å². The Morgan fingerprint density at radius 1 is 1.50 bits per heavy atom.